The van der Waals surface area contributed by atoms with Crippen LogP contribution in [0.1, 0.15) is 24.4 Å². The van der Waals surface area contributed by atoms with Crippen LogP contribution in [-0.4, -0.2) is 38.0 Å². The Morgan fingerprint density at radius 2 is 1.96 bits per heavy atom. The van der Waals surface area contributed by atoms with Crippen LogP contribution in [-0.2, 0) is 21.2 Å². The van der Waals surface area contributed by atoms with E-state index in [0.29, 0.717) is 31.9 Å². The van der Waals surface area contributed by atoms with Crippen molar-refractivity contribution in [2.24, 2.45) is 0 Å². The van der Waals surface area contributed by atoms with Crippen LogP contribution in [0.25, 0.3) is 0 Å². The average molecular weight is 350 g/mol. The van der Waals surface area contributed by atoms with Gasteiger partial charge in [0.2, 0.25) is 10.0 Å². The number of rotatable bonds is 6. The van der Waals surface area contributed by atoms with Crippen LogP contribution in [0.3, 0.4) is 0 Å². The lowest BCUT2D eigenvalue weighted by molar-refractivity contribution is 0.0662. The molecule has 130 valence electrons. The van der Waals surface area contributed by atoms with Gasteiger partial charge in [-0.25, -0.2) is 13.1 Å². The van der Waals surface area contributed by atoms with E-state index < -0.39 is 10.0 Å². The minimum Gasteiger partial charge on any atom is -0.399 e. The number of nitrogen functional groups attached to an aromatic ring is 1. The van der Waals surface area contributed by atoms with Crippen molar-refractivity contribution in [2.45, 2.75) is 30.2 Å². The van der Waals surface area contributed by atoms with Gasteiger partial charge < -0.3 is 10.5 Å². The zero-order chi connectivity index (χ0) is 17.0. The van der Waals surface area contributed by atoms with Crippen LogP contribution in [0.2, 0.25) is 0 Å². The Kier molecular flexibility index (Phi) is 5.17. The van der Waals surface area contributed by atoms with Gasteiger partial charge in [0.1, 0.15) is 4.90 Å². The van der Waals surface area contributed by atoms with Crippen molar-refractivity contribution >= 4 is 15.7 Å². The molecule has 0 saturated carbocycles. The van der Waals surface area contributed by atoms with Gasteiger partial charge in [0.05, 0.1) is 12.2 Å². The van der Waals surface area contributed by atoms with Gasteiger partial charge in [0.15, 0.2) is 0 Å². The summed E-state index contributed by atoms with van der Waals surface area (Å²) in [7, 11) is -3.55. The second-order valence-corrected chi connectivity index (χ2v) is 7.66. The smallest absolute Gasteiger partial charge is 0.243 e. The van der Waals surface area contributed by atoms with Crippen molar-refractivity contribution in [2.75, 3.05) is 25.5 Å². The van der Waals surface area contributed by atoms with Crippen molar-refractivity contribution in [1.29, 1.82) is 0 Å². The maximum absolute atomic E-state index is 12.4. The number of nitrogens with one attached hydrogen (secondary N) is 1. The van der Waals surface area contributed by atoms with Crippen molar-refractivity contribution in [3.05, 3.63) is 42.2 Å². The number of benzene rings is 1. The van der Waals surface area contributed by atoms with Gasteiger partial charge in [-0.1, -0.05) is 12.1 Å². The highest BCUT2D eigenvalue weighted by Crippen LogP contribution is 2.21. The van der Waals surface area contributed by atoms with E-state index in [4.69, 9.17) is 10.5 Å². The van der Waals surface area contributed by atoms with Crippen LogP contribution in [0.5, 0.6) is 0 Å². The molecule has 8 heteroatoms. The molecule has 7 nitrogen and oxygen atoms in total. The van der Waals surface area contributed by atoms with E-state index in [-0.39, 0.29) is 10.9 Å². The second kappa shape index (κ2) is 7.33. The standard InChI is InChI=1S/C16H22N4O3S/c17-14-3-1-13(2-4-14)5-8-19-24(21,22)16-11-18-20(12-16)15-6-9-23-10-7-15/h1-4,11-12,15,19H,5-10,17H2. The van der Waals surface area contributed by atoms with Gasteiger partial charge >= 0.3 is 0 Å². The van der Waals surface area contributed by atoms with Crippen molar-refractivity contribution in [3.8, 4) is 0 Å². The number of hydrogen-bond acceptors (Lipinski definition) is 5. The fourth-order valence-corrected chi connectivity index (χ4v) is 3.68. The molecule has 1 aliphatic rings. The molecule has 0 atom stereocenters. The molecule has 2 heterocycles. The summed E-state index contributed by atoms with van der Waals surface area (Å²) in [4.78, 5) is 0.200. The van der Waals surface area contributed by atoms with E-state index >= 15 is 0 Å². The molecule has 1 fully saturated rings. The lowest BCUT2D eigenvalue weighted by Crippen LogP contribution is -2.26. The Morgan fingerprint density at radius 3 is 2.67 bits per heavy atom. The third-order valence-electron chi connectivity index (χ3n) is 4.14. The molecule has 0 amide bonds. The van der Waals surface area contributed by atoms with Gasteiger partial charge in [0, 0.05) is 31.6 Å². The third kappa shape index (κ3) is 4.14. The molecule has 1 aromatic carbocycles. The summed E-state index contributed by atoms with van der Waals surface area (Å²) in [5.41, 5.74) is 7.36. The fourth-order valence-electron chi connectivity index (χ4n) is 2.71. The number of nitrogens with zero attached hydrogens (tertiary/aromatic N) is 2. The van der Waals surface area contributed by atoms with E-state index in [2.05, 4.69) is 9.82 Å². The highest BCUT2D eigenvalue weighted by atomic mass is 32.2. The van der Waals surface area contributed by atoms with E-state index in [0.717, 1.165) is 18.4 Å². The van der Waals surface area contributed by atoms with E-state index in [1.165, 1.54) is 6.20 Å². The first-order valence-electron chi connectivity index (χ1n) is 8.00. The quantitative estimate of drug-likeness (QED) is 0.766. The lowest BCUT2D eigenvalue weighted by atomic mass is 10.1. The summed E-state index contributed by atoms with van der Waals surface area (Å²) < 4.78 is 34.4. The van der Waals surface area contributed by atoms with Gasteiger partial charge in [-0.05, 0) is 37.0 Å². The first-order chi connectivity index (χ1) is 11.5. The molecule has 0 radical (unpaired) electrons. The maximum atomic E-state index is 12.4. The molecule has 1 saturated heterocycles. The minimum absolute atomic E-state index is 0.200. The predicted octanol–water partition coefficient (Wildman–Crippen LogP) is 1.34. The molecule has 3 N–H and O–H groups in total. The second-order valence-electron chi connectivity index (χ2n) is 5.89. The number of sulfonamides is 1. The topological polar surface area (TPSA) is 99.2 Å². The SMILES string of the molecule is Nc1ccc(CCNS(=O)(=O)c2cnn(C3CCOCC3)c2)cc1. The van der Waals surface area contributed by atoms with Crippen molar-refractivity contribution < 1.29 is 13.2 Å². The van der Waals surface area contributed by atoms with Crippen LogP contribution in [0.4, 0.5) is 5.69 Å². The van der Waals surface area contributed by atoms with Crippen LogP contribution in [0.15, 0.2) is 41.6 Å². The summed E-state index contributed by atoms with van der Waals surface area (Å²) >= 11 is 0. The molecular weight excluding hydrogens is 328 g/mol. The first-order valence-corrected chi connectivity index (χ1v) is 9.49. The largest absolute Gasteiger partial charge is 0.399 e. The maximum Gasteiger partial charge on any atom is 0.243 e. The highest BCUT2D eigenvalue weighted by Gasteiger charge is 2.20. The van der Waals surface area contributed by atoms with Gasteiger partial charge in [-0.15, -0.1) is 0 Å². The number of hydrogen-bond donors (Lipinski definition) is 2. The summed E-state index contributed by atoms with van der Waals surface area (Å²) in [5, 5.41) is 4.21. The van der Waals surface area contributed by atoms with Crippen molar-refractivity contribution in [1.82, 2.24) is 14.5 Å². The molecule has 0 bridgehead atoms. The third-order valence-corrected chi connectivity index (χ3v) is 5.55. The summed E-state index contributed by atoms with van der Waals surface area (Å²) in [6.45, 7) is 1.70. The summed E-state index contributed by atoms with van der Waals surface area (Å²) in [6, 6.07) is 7.61. The fraction of sp³-hybridized carbons (Fsp3) is 0.438. The van der Waals surface area contributed by atoms with Gasteiger partial charge in [-0.2, -0.15) is 5.10 Å². The number of anilines is 1. The number of aromatic nitrogens is 2. The molecule has 24 heavy (non-hydrogen) atoms. The Hall–Kier alpha value is -1.90. The molecular formula is C16H22N4O3S. The average Bonchev–Trinajstić information content (AvgIpc) is 3.08. The molecule has 0 unspecified atom stereocenters. The van der Waals surface area contributed by atoms with Gasteiger partial charge in [-0.3, -0.25) is 4.68 Å². The number of nitrogens with two attached hydrogens (primary N) is 1. The number of ether oxygens (including phenoxy) is 1. The van der Waals surface area contributed by atoms with Crippen LogP contribution in [0, 0.1) is 0 Å². The van der Waals surface area contributed by atoms with Crippen LogP contribution < -0.4 is 10.5 Å². The molecule has 0 spiro atoms. The van der Waals surface area contributed by atoms with E-state index in [1.54, 1.807) is 10.9 Å². The monoisotopic (exact) mass is 350 g/mol. The Morgan fingerprint density at radius 1 is 1.25 bits per heavy atom. The zero-order valence-corrected chi connectivity index (χ0v) is 14.2. The van der Waals surface area contributed by atoms with E-state index in [1.807, 2.05) is 24.3 Å². The van der Waals surface area contributed by atoms with Crippen LogP contribution >= 0.6 is 0 Å². The van der Waals surface area contributed by atoms with Gasteiger partial charge in [0.25, 0.3) is 0 Å². The summed E-state index contributed by atoms with van der Waals surface area (Å²) in [5.74, 6) is 0. The van der Waals surface area contributed by atoms with Crippen molar-refractivity contribution in [3.63, 3.8) is 0 Å². The summed E-state index contributed by atoms with van der Waals surface area (Å²) in [6.07, 6.45) is 5.31. The normalized spacial score (nSPS) is 16.3. The Balaban J connectivity index is 1.58. The molecule has 0 aliphatic carbocycles. The molecule has 1 aliphatic heterocycles. The predicted molar refractivity (Wildman–Crippen MR) is 91.1 cm³/mol. The lowest BCUT2D eigenvalue weighted by Gasteiger charge is -2.22. The molecule has 2 aromatic rings. The first kappa shape index (κ1) is 16.9. The zero-order valence-electron chi connectivity index (χ0n) is 13.4. The highest BCUT2D eigenvalue weighted by molar-refractivity contribution is 7.89. The molecule has 1 aromatic heterocycles. The molecule has 3 rings (SSSR count). The Labute approximate surface area is 141 Å². The van der Waals surface area contributed by atoms with E-state index in [9.17, 15) is 8.42 Å². The minimum atomic E-state index is -3.55. The Bertz CT molecular complexity index is 765.